The van der Waals surface area contributed by atoms with Crippen LogP contribution in [0, 0.1) is 0 Å². The molecule has 19 heavy (non-hydrogen) atoms. The molecule has 0 spiro atoms. The van der Waals surface area contributed by atoms with Gasteiger partial charge in [-0.3, -0.25) is 0 Å². The van der Waals surface area contributed by atoms with E-state index in [-0.39, 0.29) is 6.03 Å². The van der Waals surface area contributed by atoms with E-state index in [1.54, 1.807) is 11.2 Å². The number of rotatable bonds is 2. The number of piperidine rings is 1. The number of nitrogens with two attached hydrogens (primary N) is 1. The predicted octanol–water partition coefficient (Wildman–Crippen LogP) is 1.79. The Morgan fingerprint density at radius 1 is 1.37 bits per heavy atom. The largest absolute Gasteiger partial charge is 0.469 e. The number of hydrogen-bond acceptors (Lipinski definition) is 3. The van der Waals surface area contributed by atoms with Crippen molar-refractivity contribution in [2.75, 3.05) is 13.1 Å². The second-order valence-electron chi connectivity index (χ2n) is 5.51. The fourth-order valence-electron chi connectivity index (χ4n) is 3.21. The molecule has 3 N–H and O–H groups in total. The maximum absolute atomic E-state index is 11.1. The topological polar surface area (TPSA) is 71.5 Å². The number of urea groups is 1. The Bertz CT molecular complexity index is 449. The smallest absolute Gasteiger partial charge is 0.314 e. The third kappa shape index (κ3) is 2.61. The monoisotopic (exact) mass is 263 g/mol. The van der Waals surface area contributed by atoms with Gasteiger partial charge in [0, 0.05) is 37.2 Å². The number of furan rings is 1. The fourth-order valence-corrected chi connectivity index (χ4v) is 3.21. The van der Waals surface area contributed by atoms with Crippen LogP contribution in [0.3, 0.4) is 0 Å². The summed E-state index contributed by atoms with van der Waals surface area (Å²) in [7, 11) is 0. The van der Waals surface area contributed by atoms with E-state index < -0.39 is 0 Å². The number of nitrogens with one attached hydrogen (secondary N) is 1. The molecular formula is C14H21N3O2. The van der Waals surface area contributed by atoms with E-state index in [1.807, 2.05) is 0 Å². The number of fused-ring (bicyclic) bond motifs is 1. The normalized spacial score (nSPS) is 24.2. The van der Waals surface area contributed by atoms with E-state index >= 15 is 0 Å². The van der Waals surface area contributed by atoms with Crippen molar-refractivity contribution >= 4 is 6.03 Å². The van der Waals surface area contributed by atoms with Crippen LogP contribution in [-0.4, -0.2) is 30.1 Å². The number of aryl methyl sites for hydroxylation is 1. The van der Waals surface area contributed by atoms with Crippen molar-refractivity contribution in [1.29, 1.82) is 0 Å². The fraction of sp³-hybridized carbons (Fsp3) is 0.643. The number of nitrogens with zero attached hydrogens (tertiary/aromatic N) is 1. The zero-order chi connectivity index (χ0) is 13.2. The minimum Gasteiger partial charge on any atom is -0.469 e. The molecule has 1 unspecified atom stereocenters. The molecule has 1 aromatic rings. The second kappa shape index (κ2) is 5.25. The molecule has 3 rings (SSSR count). The molecule has 2 aliphatic rings. The highest BCUT2D eigenvalue weighted by Gasteiger charge is 2.27. The van der Waals surface area contributed by atoms with E-state index in [4.69, 9.17) is 10.2 Å². The van der Waals surface area contributed by atoms with Gasteiger partial charge < -0.3 is 20.4 Å². The summed E-state index contributed by atoms with van der Waals surface area (Å²) in [5, 5.41) is 3.72. The molecule has 1 saturated heterocycles. The second-order valence-corrected chi connectivity index (χ2v) is 5.51. The standard InChI is InChI=1S/C14H21N3O2/c15-14(18)17-7-4-10(5-8-17)16-12-2-1-3-13-11(12)6-9-19-13/h6,9-10,12,16H,1-5,7-8H2,(H2,15,18). The number of carbonyl (C=O) groups is 1. The van der Waals surface area contributed by atoms with Gasteiger partial charge in [0.25, 0.3) is 0 Å². The Morgan fingerprint density at radius 2 is 2.16 bits per heavy atom. The van der Waals surface area contributed by atoms with Crippen molar-refractivity contribution in [2.45, 2.75) is 44.2 Å². The van der Waals surface area contributed by atoms with E-state index in [2.05, 4.69) is 11.4 Å². The third-order valence-electron chi connectivity index (χ3n) is 4.30. The van der Waals surface area contributed by atoms with Gasteiger partial charge in [0.15, 0.2) is 0 Å². The van der Waals surface area contributed by atoms with Crippen LogP contribution in [0.2, 0.25) is 0 Å². The summed E-state index contributed by atoms with van der Waals surface area (Å²) in [6.45, 7) is 1.52. The summed E-state index contributed by atoms with van der Waals surface area (Å²) >= 11 is 0. The van der Waals surface area contributed by atoms with Crippen LogP contribution >= 0.6 is 0 Å². The van der Waals surface area contributed by atoms with Crippen LogP contribution in [0.4, 0.5) is 4.79 Å². The Labute approximate surface area is 113 Å². The van der Waals surface area contributed by atoms with Crippen LogP contribution in [0.15, 0.2) is 16.7 Å². The molecule has 0 aromatic carbocycles. The summed E-state index contributed by atoms with van der Waals surface area (Å²) in [5.41, 5.74) is 6.62. The number of carbonyl (C=O) groups excluding carboxylic acids is 1. The molecule has 104 valence electrons. The first kappa shape index (κ1) is 12.5. The lowest BCUT2D eigenvalue weighted by molar-refractivity contribution is 0.181. The highest BCUT2D eigenvalue weighted by Crippen LogP contribution is 2.31. The molecular weight excluding hydrogens is 242 g/mol. The van der Waals surface area contributed by atoms with Crippen molar-refractivity contribution in [3.63, 3.8) is 0 Å². The minimum absolute atomic E-state index is 0.298. The molecule has 0 saturated carbocycles. The molecule has 1 fully saturated rings. The molecule has 1 atom stereocenters. The lowest BCUT2D eigenvalue weighted by Gasteiger charge is -2.34. The van der Waals surface area contributed by atoms with Crippen molar-refractivity contribution in [2.24, 2.45) is 5.73 Å². The van der Waals surface area contributed by atoms with Crippen molar-refractivity contribution in [3.05, 3.63) is 23.7 Å². The number of hydrogen-bond donors (Lipinski definition) is 2. The summed E-state index contributed by atoms with van der Waals surface area (Å²) < 4.78 is 5.51. The van der Waals surface area contributed by atoms with Crippen molar-refractivity contribution in [3.8, 4) is 0 Å². The van der Waals surface area contributed by atoms with E-state index in [0.29, 0.717) is 12.1 Å². The Balaban J connectivity index is 1.58. The average Bonchev–Trinajstić information content (AvgIpc) is 2.89. The van der Waals surface area contributed by atoms with Crippen molar-refractivity contribution in [1.82, 2.24) is 10.2 Å². The zero-order valence-electron chi connectivity index (χ0n) is 11.1. The van der Waals surface area contributed by atoms with Crippen LogP contribution < -0.4 is 11.1 Å². The van der Waals surface area contributed by atoms with Gasteiger partial charge >= 0.3 is 6.03 Å². The molecule has 2 heterocycles. The maximum Gasteiger partial charge on any atom is 0.314 e. The minimum atomic E-state index is -0.298. The first-order valence-corrected chi connectivity index (χ1v) is 7.11. The number of amides is 2. The summed E-state index contributed by atoms with van der Waals surface area (Å²) in [5.74, 6) is 1.14. The van der Waals surface area contributed by atoms with Crippen LogP contribution in [0.5, 0.6) is 0 Å². The quantitative estimate of drug-likeness (QED) is 0.854. The summed E-state index contributed by atoms with van der Waals surface area (Å²) in [6, 6.07) is 2.67. The summed E-state index contributed by atoms with van der Waals surface area (Å²) in [6.07, 6.45) is 7.15. The first-order valence-electron chi connectivity index (χ1n) is 7.11. The highest BCUT2D eigenvalue weighted by atomic mass is 16.3. The molecule has 1 aliphatic carbocycles. The molecule has 0 radical (unpaired) electrons. The van der Waals surface area contributed by atoms with Gasteiger partial charge in [-0.2, -0.15) is 0 Å². The van der Waals surface area contributed by atoms with E-state index in [9.17, 15) is 4.79 Å². The van der Waals surface area contributed by atoms with Gasteiger partial charge in [0.1, 0.15) is 5.76 Å². The van der Waals surface area contributed by atoms with Gasteiger partial charge in [-0.05, 0) is 31.7 Å². The molecule has 0 bridgehead atoms. The number of likely N-dealkylation sites (tertiary alicyclic amines) is 1. The SMILES string of the molecule is NC(=O)N1CCC(NC2CCCc3occc32)CC1. The molecule has 1 aliphatic heterocycles. The molecule has 2 amide bonds. The Kier molecular flexibility index (Phi) is 3.46. The van der Waals surface area contributed by atoms with Gasteiger partial charge in [0.05, 0.1) is 6.26 Å². The zero-order valence-corrected chi connectivity index (χ0v) is 11.1. The number of primary amides is 1. The van der Waals surface area contributed by atoms with E-state index in [1.165, 1.54) is 18.4 Å². The lowest BCUT2D eigenvalue weighted by Crippen LogP contribution is -2.47. The highest BCUT2D eigenvalue weighted by molar-refractivity contribution is 5.72. The Hall–Kier alpha value is -1.49. The van der Waals surface area contributed by atoms with Gasteiger partial charge in [-0.25, -0.2) is 4.79 Å². The Morgan fingerprint density at radius 3 is 2.89 bits per heavy atom. The third-order valence-corrected chi connectivity index (χ3v) is 4.30. The van der Waals surface area contributed by atoms with Gasteiger partial charge in [0.2, 0.25) is 0 Å². The average molecular weight is 263 g/mol. The van der Waals surface area contributed by atoms with Crippen LogP contribution in [-0.2, 0) is 6.42 Å². The van der Waals surface area contributed by atoms with Gasteiger partial charge in [-0.1, -0.05) is 0 Å². The van der Waals surface area contributed by atoms with Crippen molar-refractivity contribution < 1.29 is 9.21 Å². The van der Waals surface area contributed by atoms with Crippen LogP contribution in [0.25, 0.3) is 0 Å². The van der Waals surface area contributed by atoms with Gasteiger partial charge in [-0.15, -0.1) is 0 Å². The first-order chi connectivity index (χ1) is 9.24. The van der Waals surface area contributed by atoms with Crippen LogP contribution in [0.1, 0.15) is 43.0 Å². The molecule has 5 heteroatoms. The lowest BCUT2D eigenvalue weighted by atomic mass is 9.92. The molecule has 1 aromatic heterocycles. The maximum atomic E-state index is 11.1. The molecule has 5 nitrogen and oxygen atoms in total. The van der Waals surface area contributed by atoms with E-state index in [0.717, 1.165) is 38.1 Å². The predicted molar refractivity (Wildman–Crippen MR) is 71.7 cm³/mol. The summed E-state index contributed by atoms with van der Waals surface area (Å²) in [4.78, 5) is 12.8.